The van der Waals surface area contributed by atoms with Crippen LogP contribution in [0.1, 0.15) is 17.5 Å². The number of carbonyl (C=O) groups excluding carboxylic acids is 1. The first-order valence-corrected chi connectivity index (χ1v) is 14.0. The summed E-state index contributed by atoms with van der Waals surface area (Å²) in [5, 5.41) is 2.56. The number of halogens is 1. The summed E-state index contributed by atoms with van der Waals surface area (Å²) in [5.74, 6) is -0.914. The van der Waals surface area contributed by atoms with Gasteiger partial charge in [0.1, 0.15) is 0 Å². The van der Waals surface area contributed by atoms with Crippen LogP contribution in [0.15, 0.2) is 110 Å². The lowest BCUT2D eigenvalue weighted by Gasteiger charge is -2.23. The SMILES string of the molecule is CCN(c1ccccc1)S(=O)(=O)c1ccc(NC(=O)c2ccc(S(=O)(=O)c3ccc(Cl)cc3)o2)cc1. The molecule has 1 heterocycles. The maximum absolute atomic E-state index is 13.1. The Balaban J connectivity index is 1.50. The van der Waals surface area contributed by atoms with Crippen LogP contribution < -0.4 is 9.62 Å². The number of nitrogens with zero attached hydrogens (tertiary/aromatic N) is 1. The van der Waals surface area contributed by atoms with E-state index in [2.05, 4.69) is 5.32 Å². The summed E-state index contributed by atoms with van der Waals surface area (Å²) in [5.41, 5.74) is 0.847. The van der Waals surface area contributed by atoms with Crippen molar-refractivity contribution >= 4 is 48.7 Å². The van der Waals surface area contributed by atoms with E-state index in [-0.39, 0.29) is 22.1 Å². The van der Waals surface area contributed by atoms with Crippen molar-refractivity contribution in [1.29, 1.82) is 0 Å². The molecule has 0 aliphatic carbocycles. The number of nitrogens with one attached hydrogen (secondary N) is 1. The monoisotopic (exact) mass is 544 g/mol. The molecule has 0 bridgehead atoms. The van der Waals surface area contributed by atoms with Crippen molar-refractivity contribution in [1.82, 2.24) is 0 Å². The van der Waals surface area contributed by atoms with Crippen molar-refractivity contribution in [3.63, 3.8) is 0 Å². The van der Waals surface area contributed by atoms with Crippen LogP contribution in [0, 0.1) is 0 Å². The fourth-order valence-electron chi connectivity index (χ4n) is 3.43. The number of benzene rings is 3. The van der Waals surface area contributed by atoms with E-state index in [1.165, 1.54) is 65.0 Å². The molecule has 1 amide bonds. The zero-order valence-electron chi connectivity index (χ0n) is 19.0. The van der Waals surface area contributed by atoms with Gasteiger partial charge in [-0.05, 0) is 79.7 Å². The summed E-state index contributed by atoms with van der Waals surface area (Å²) < 4.78 is 58.3. The molecule has 4 aromatic rings. The molecule has 1 N–H and O–H groups in total. The molecule has 36 heavy (non-hydrogen) atoms. The Morgan fingerprint density at radius 1 is 0.833 bits per heavy atom. The number of para-hydroxylation sites is 1. The van der Waals surface area contributed by atoms with Gasteiger partial charge in [0, 0.05) is 17.3 Å². The van der Waals surface area contributed by atoms with E-state index in [1.807, 2.05) is 0 Å². The zero-order chi connectivity index (χ0) is 25.9. The summed E-state index contributed by atoms with van der Waals surface area (Å²) in [4.78, 5) is 12.6. The molecule has 3 aromatic carbocycles. The molecule has 0 aliphatic heterocycles. The minimum atomic E-state index is -3.97. The standard InChI is InChI=1S/C25H21ClN2O6S2/c1-2-28(20-6-4-3-5-7-20)36(32,33)22-14-10-19(11-15-22)27-25(29)23-16-17-24(34-23)35(30,31)21-12-8-18(26)9-13-21/h3-17H,2H2,1H3,(H,27,29). The van der Waals surface area contributed by atoms with E-state index in [0.29, 0.717) is 16.4 Å². The number of hydrogen-bond donors (Lipinski definition) is 1. The summed E-state index contributed by atoms with van der Waals surface area (Å²) in [6.07, 6.45) is 0. The second kappa shape index (κ2) is 10.2. The molecule has 0 aliphatic rings. The number of rotatable bonds is 8. The van der Waals surface area contributed by atoms with E-state index in [1.54, 1.807) is 37.3 Å². The fraction of sp³-hybridized carbons (Fsp3) is 0.0800. The fourth-order valence-corrected chi connectivity index (χ4v) is 6.21. The lowest BCUT2D eigenvalue weighted by Crippen LogP contribution is -2.30. The normalized spacial score (nSPS) is 11.7. The van der Waals surface area contributed by atoms with Gasteiger partial charge in [0.2, 0.25) is 14.9 Å². The first-order valence-electron chi connectivity index (χ1n) is 10.7. The summed E-state index contributed by atoms with van der Waals surface area (Å²) >= 11 is 5.81. The van der Waals surface area contributed by atoms with Crippen LogP contribution in [-0.4, -0.2) is 29.3 Å². The third kappa shape index (κ3) is 5.15. The van der Waals surface area contributed by atoms with E-state index in [9.17, 15) is 21.6 Å². The van der Waals surface area contributed by atoms with Crippen molar-refractivity contribution in [3.05, 3.63) is 102 Å². The first-order chi connectivity index (χ1) is 17.1. The molecule has 0 saturated carbocycles. The number of amides is 1. The minimum Gasteiger partial charge on any atom is -0.439 e. The van der Waals surface area contributed by atoms with E-state index in [4.69, 9.17) is 16.0 Å². The van der Waals surface area contributed by atoms with Crippen molar-refractivity contribution in [3.8, 4) is 0 Å². The second-order valence-corrected chi connectivity index (χ2v) is 11.7. The van der Waals surface area contributed by atoms with Crippen LogP contribution >= 0.6 is 11.6 Å². The number of carbonyl (C=O) groups is 1. The van der Waals surface area contributed by atoms with Gasteiger partial charge in [-0.15, -0.1) is 0 Å². The highest BCUT2D eigenvalue weighted by Gasteiger charge is 2.25. The Labute approximate surface area is 214 Å². The summed E-state index contributed by atoms with van der Waals surface area (Å²) in [6.45, 7) is 1.98. The molecule has 0 fully saturated rings. The highest BCUT2D eigenvalue weighted by molar-refractivity contribution is 7.92. The smallest absolute Gasteiger partial charge is 0.291 e. The molecule has 0 spiro atoms. The average molecular weight is 545 g/mol. The Morgan fingerprint density at radius 3 is 2.06 bits per heavy atom. The second-order valence-electron chi connectivity index (χ2n) is 7.56. The Hall–Kier alpha value is -3.60. The van der Waals surface area contributed by atoms with Crippen LogP contribution in [0.5, 0.6) is 0 Å². The highest BCUT2D eigenvalue weighted by atomic mass is 35.5. The lowest BCUT2D eigenvalue weighted by atomic mass is 10.3. The van der Waals surface area contributed by atoms with E-state index in [0.717, 1.165) is 0 Å². The molecule has 0 radical (unpaired) electrons. The van der Waals surface area contributed by atoms with Gasteiger partial charge in [-0.2, -0.15) is 0 Å². The third-order valence-electron chi connectivity index (χ3n) is 5.23. The Bertz CT molecular complexity index is 1580. The molecular formula is C25H21ClN2O6S2. The summed E-state index contributed by atoms with van der Waals surface area (Å²) in [7, 11) is -7.79. The Morgan fingerprint density at radius 2 is 1.44 bits per heavy atom. The van der Waals surface area contributed by atoms with Crippen LogP contribution in [0.25, 0.3) is 0 Å². The average Bonchev–Trinajstić information content (AvgIpc) is 3.37. The van der Waals surface area contributed by atoms with Gasteiger partial charge in [0.15, 0.2) is 5.76 Å². The number of anilines is 2. The number of hydrogen-bond acceptors (Lipinski definition) is 6. The topological polar surface area (TPSA) is 114 Å². The molecule has 0 atom stereocenters. The quantitative estimate of drug-likeness (QED) is 0.325. The van der Waals surface area contributed by atoms with Gasteiger partial charge in [0.05, 0.1) is 15.5 Å². The minimum absolute atomic E-state index is 0.0263. The predicted molar refractivity (Wildman–Crippen MR) is 137 cm³/mol. The van der Waals surface area contributed by atoms with Crippen molar-refractivity contribution in [2.24, 2.45) is 0 Å². The molecule has 11 heteroatoms. The van der Waals surface area contributed by atoms with Gasteiger partial charge >= 0.3 is 0 Å². The van der Waals surface area contributed by atoms with Crippen LogP contribution in [0.4, 0.5) is 11.4 Å². The summed E-state index contributed by atoms with van der Waals surface area (Å²) in [6, 6.07) is 22.4. The molecular weight excluding hydrogens is 524 g/mol. The largest absolute Gasteiger partial charge is 0.439 e. The molecule has 1 aromatic heterocycles. The van der Waals surface area contributed by atoms with Crippen LogP contribution in [-0.2, 0) is 19.9 Å². The van der Waals surface area contributed by atoms with Crippen molar-refractivity contribution in [2.75, 3.05) is 16.2 Å². The maximum atomic E-state index is 13.1. The predicted octanol–water partition coefficient (Wildman–Crippen LogP) is 5.23. The molecule has 4 rings (SSSR count). The highest BCUT2D eigenvalue weighted by Crippen LogP contribution is 2.26. The third-order valence-corrected chi connectivity index (χ3v) is 9.04. The number of furan rings is 1. The van der Waals surface area contributed by atoms with Crippen molar-refractivity contribution < 1.29 is 26.0 Å². The molecule has 186 valence electrons. The first kappa shape index (κ1) is 25.5. The molecule has 0 unspecified atom stereocenters. The van der Waals surface area contributed by atoms with Gasteiger partial charge < -0.3 is 9.73 Å². The molecule has 0 saturated heterocycles. The number of sulfone groups is 1. The van der Waals surface area contributed by atoms with Gasteiger partial charge in [0.25, 0.3) is 15.9 Å². The van der Waals surface area contributed by atoms with E-state index >= 15 is 0 Å². The lowest BCUT2D eigenvalue weighted by molar-refractivity contribution is 0.0991. The van der Waals surface area contributed by atoms with Gasteiger partial charge in [-0.3, -0.25) is 9.10 Å². The van der Waals surface area contributed by atoms with Crippen LogP contribution in [0.3, 0.4) is 0 Å². The van der Waals surface area contributed by atoms with Gasteiger partial charge in [-0.1, -0.05) is 29.8 Å². The zero-order valence-corrected chi connectivity index (χ0v) is 21.3. The van der Waals surface area contributed by atoms with Crippen LogP contribution in [0.2, 0.25) is 5.02 Å². The maximum Gasteiger partial charge on any atom is 0.291 e. The van der Waals surface area contributed by atoms with Crippen molar-refractivity contribution in [2.45, 2.75) is 21.8 Å². The number of sulfonamides is 1. The Kier molecular flexibility index (Phi) is 7.21. The van der Waals surface area contributed by atoms with E-state index < -0.39 is 30.9 Å². The van der Waals surface area contributed by atoms with Gasteiger partial charge in [-0.25, -0.2) is 16.8 Å². The molecule has 8 nitrogen and oxygen atoms in total.